The molecule has 1 aromatic carbocycles. The predicted octanol–water partition coefficient (Wildman–Crippen LogP) is 2.64. The Morgan fingerprint density at radius 2 is 2.17 bits per heavy atom. The molecule has 0 atom stereocenters. The van der Waals surface area contributed by atoms with Gasteiger partial charge in [0.1, 0.15) is 0 Å². The molecule has 0 spiro atoms. The quantitative estimate of drug-likeness (QED) is 0.569. The van der Waals surface area contributed by atoms with Crippen molar-refractivity contribution in [1.29, 1.82) is 0 Å². The van der Waals surface area contributed by atoms with Crippen molar-refractivity contribution in [3.8, 4) is 0 Å². The summed E-state index contributed by atoms with van der Waals surface area (Å²) in [6.45, 7) is 2.45. The number of hydrogen-bond acceptors (Lipinski definition) is 5. The van der Waals surface area contributed by atoms with E-state index in [-0.39, 0.29) is 5.56 Å². The zero-order valence-electron chi connectivity index (χ0n) is 12.7. The zero-order chi connectivity index (χ0) is 16.7. The Kier molecular flexibility index (Phi) is 5.76. The highest BCUT2D eigenvalue weighted by Gasteiger charge is 2.10. The number of amides is 1. The number of nitrogens with one attached hydrogen (secondary N) is 1. The van der Waals surface area contributed by atoms with Crippen molar-refractivity contribution in [2.24, 2.45) is 4.99 Å². The first kappa shape index (κ1) is 16.6. The van der Waals surface area contributed by atoms with E-state index >= 15 is 0 Å². The van der Waals surface area contributed by atoms with Crippen LogP contribution in [0.15, 0.2) is 40.2 Å². The maximum Gasteiger partial charge on any atom is 0.428 e. The van der Waals surface area contributed by atoms with Gasteiger partial charge in [0.15, 0.2) is 0 Å². The van der Waals surface area contributed by atoms with Crippen LogP contribution in [0.1, 0.15) is 25.3 Å². The van der Waals surface area contributed by atoms with Crippen LogP contribution in [0.25, 0.3) is 10.8 Å². The summed E-state index contributed by atoms with van der Waals surface area (Å²) in [4.78, 5) is 33.8. The first-order valence-corrected chi connectivity index (χ1v) is 7.20. The summed E-state index contributed by atoms with van der Waals surface area (Å²) in [5.74, 6) is 0. The maximum absolute atomic E-state index is 11.5. The van der Waals surface area contributed by atoms with Gasteiger partial charge in [-0.25, -0.2) is 9.78 Å². The van der Waals surface area contributed by atoms with Gasteiger partial charge in [0.05, 0.1) is 17.7 Å². The average molecular weight is 315 g/mol. The molecule has 1 aliphatic rings. The zero-order valence-corrected chi connectivity index (χ0v) is 12.7. The summed E-state index contributed by atoms with van der Waals surface area (Å²) >= 11 is 0. The molecule has 0 radical (unpaired) electrons. The van der Waals surface area contributed by atoms with Gasteiger partial charge in [-0.15, -0.1) is 0 Å². The molecule has 120 valence electrons. The molecule has 2 heterocycles. The van der Waals surface area contributed by atoms with Crippen molar-refractivity contribution < 1.29 is 14.7 Å². The molecular formula is C16H17N3O4. The lowest BCUT2D eigenvalue weighted by molar-refractivity contribution is 0.0407. The highest BCUT2D eigenvalue weighted by atomic mass is 16.7. The minimum Gasteiger partial charge on any atom is -0.464 e. The monoisotopic (exact) mass is 315 g/mol. The second-order valence-corrected chi connectivity index (χ2v) is 4.77. The molecule has 2 N–H and O–H groups in total. The molecule has 23 heavy (non-hydrogen) atoms. The number of aromatic nitrogens is 1. The molecule has 7 nitrogen and oxygen atoms in total. The van der Waals surface area contributed by atoms with Crippen LogP contribution in [0.3, 0.4) is 0 Å². The third-order valence-electron chi connectivity index (χ3n) is 3.11. The lowest BCUT2D eigenvalue weighted by atomic mass is 10.1. The van der Waals surface area contributed by atoms with Gasteiger partial charge in [0, 0.05) is 23.4 Å². The topological polar surface area (TPSA) is 101 Å². The van der Waals surface area contributed by atoms with E-state index in [2.05, 4.69) is 14.8 Å². The first-order valence-electron chi connectivity index (χ1n) is 7.20. The minimum absolute atomic E-state index is 0.196. The molecule has 2 aromatic rings. The third kappa shape index (κ3) is 4.33. The molecule has 0 unspecified atom stereocenters. The summed E-state index contributed by atoms with van der Waals surface area (Å²) in [5.41, 5.74) is 3.42. The number of benzene rings is 1. The number of carboxylic acid groups (broad SMARTS) is 1. The van der Waals surface area contributed by atoms with Crippen molar-refractivity contribution in [3.05, 3.63) is 46.4 Å². The number of rotatable bonds is 4. The van der Waals surface area contributed by atoms with E-state index in [9.17, 15) is 9.59 Å². The van der Waals surface area contributed by atoms with Gasteiger partial charge in [0.2, 0.25) is 0 Å². The van der Waals surface area contributed by atoms with Crippen molar-refractivity contribution in [2.45, 2.75) is 19.8 Å². The van der Waals surface area contributed by atoms with E-state index < -0.39 is 6.09 Å². The average Bonchev–Trinajstić information content (AvgIpc) is 2.87. The molecule has 0 saturated heterocycles. The number of aliphatic imine (C=N–C) groups is 1. The molecule has 1 aliphatic heterocycles. The van der Waals surface area contributed by atoms with Crippen LogP contribution in [0, 0.1) is 0 Å². The van der Waals surface area contributed by atoms with Gasteiger partial charge in [-0.1, -0.05) is 19.4 Å². The Balaban J connectivity index is 0.000000188. The number of hydroxylamine groups is 1. The molecular weight excluding hydrogens is 298 g/mol. The van der Waals surface area contributed by atoms with Crippen molar-refractivity contribution >= 4 is 28.8 Å². The lowest BCUT2D eigenvalue weighted by Crippen LogP contribution is -2.21. The first-order chi connectivity index (χ1) is 11.1. The van der Waals surface area contributed by atoms with E-state index in [1.54, 1.807) is 17.8 Å². The number of nitrogens with zero attached hydrogens (tertiary/aromatic N) is 2. The summed E-state index contributed by atoms with van der Waals surface area (Å²) < 4.78 is 0. The number of hydrogen-bond donors (Lipinski definition) is 2. The molecule has 0 fully saturated rings. The Hall–Kier alpha value is -2.80. The fourth-order valence-electron chi connectivity index (χ4n) is 2.04. The van der Waals surface area contributed by atoms with Gasteiger partial charge in [-0.2, -0.15) is 5.48 Å². The van der Waals surface area contributed by atoms with E-state index in [1.165, 1.54) is 6.20 Å². The summed E-state index contributed by atoms with van der Waals surface area (Å²) in [7, 11) is 0. The second kappa shape index (κ2) is 8.00. The van der Waals surface area contributed by atoms with Gasteiger partial charge < -0.3 is 5.11 Å². The van der Waals surface area contributed by atoms with Crippen LogP contribution in [0.5, 0.6) is 0 Å². The van der Waals surface area contributed by atoms with E-state index in [0.29, 0.717) is 12.0 Å². The number of carbonyl (C=O) groups is 1. The van der Waals surface area contributed by atoms with Crippen molar-refractivity contribution in [3.63, 3.8) is 0 Å². The van der Waals surface area contributed by atoms with Crippen molar-refractivity contribution in [2.75, 3.05) is 6.61 Å². The van der Waals surface area contributed by atoms with Gasteiger partial charge >= 0.3 is 6.09 Å². The normalized spacial score (nSPS) is 11.0. The molecule has 0 saturated carbocycles. The fourth-order valence-corrected chi connectivity index (χ4v) is 2.04. The van der Waals surface area contributed by atoms with Gasteiger partial charge in [0.25, 0.3) is 5.56 Å². The summed E-state index contributed by atoms with van der Waals surface area (Å²) in [6, 6.07) is 7.32. The smallest absolute Gasteiger partial charge is 0.428 e. The SMILES string of the molecule is CCCCONC(=O)O.O=c1nccc2c3c(cccc13)N=C2. The Morgan fingerprint density at radius 3 is 2.91 bits per heavy atom. The van der Waals surface area contributed by atoms with Crippen molar-refractivity contribution in [1.82, 2.24) is 10.5 Å². The molecule has 3 rings (SSSR count). The van der Waals surface area contributed by atoms with Crippen LogP contribution in [0.2, 0.25) is 0 Å². The van der Waals surface area contributed by atoms with E-state index in [4.69, 9.17) is 5.11 Å². The predicted molar refractivity (Wildman–Crippen MR) is 87.3 cm³/mol. The molecule has 7 heteroatoms. The Bertz CT molecular complexity index is 790. The van der Waals surface area contributed by atoms with Crippen LogP contribution in [-0.2, 0) is 4.84 Å². The standard InChI is InChI=1S/C11H6N2O.C5H11NO3/c14-11-8-2-1-3-9-10(8)7(6-13-9)4-5-12-11;1-2-3-4-9-6-5(7)8/h1-6H;6H,2-4H2,1H3,(H,7,8). The molecule has 1 aromatic heterocycles. The van der Waals surface area contributed by atoms with Gasteiger partial charge in [-0.3, -0.25) is 14.6 Å². The van der Waals surface area contributed by atoms with Crippen LogP contribution >= 0.6 is 0 Å². The second-order valence-electron chi connectivity index (χ2n) is 4.77. The molecule has 1 amide bonds. The molecule has 0 aliphatic carbocycles. The highest BCUT2D eigenvalue weighted by Crippen LogP contribution is 2.29. The largest absolute Gasteiger partial charge is 0.464 e. The highest BCUT2D eigenvalue weighted by molar-refractivity contribution is 6.10. The van der Waals surface area contributed by atoms with E-state index in [1.807, 2.05) is 25.1 Å². The summed E-state index contributed by atoms with van der Waals surface area (Å²) in [5, 5.41) is 9.53. The maximum atomic E-state index is 11.5. The Labute approximate surface area is 132 Å². The molecule has 0 bridgehead atoms. The fraction of sp³-hybridized carbons (Fsp3) is 0.250. The summed E-state index contributed by atoms with van der Waals surface area (Å²) in [6.07, 6.45) is 4.02. The Morgan fingerprint density at radius 1 is 1.35 bits per heavy atom. The lowest BCUT2D eigenvalue weighted by Gasteiger charge is -1.98. The van der Waals surface area contributed by atoms with Gasteiger partial charge in [-0.05, 0) is 24.6 Å². The van der Waals surface area contributed by atoms with Crippen LogP contribution < -0.4 is 11.0 Å². The third-order valence-corrected chi connectivity index (χ3v) is 3.11. The van der Waals surface area contributed by atoms with Crippen LogP contribution in [0.4, 0.5) is 10.5 Å². The van der Waals surface area contributed by atoms with Crippen LogP contribution in [-0.4, -0.2) is 29.0 Å². The van der Waals surface area contributed by atoms with E-state index in [0.717, 1.165) is 29.5 Å². The number of unbranched alkanes of at least 4 members (excludes halogenated alkanes) is 1. The minimum atomic E-state index is -1.15.